The van der Waals surface area contributed by atoms with Crippen molar-refractivity contribution < 1.29 is 14.7 Å². The molecular formula is C11H8N2O3. The molecule has 0 aliphatic carbocycles. The number of carboxylic acid groups (broad SMARTS) is 1. The van der Waals surface area contributed by atoms with Gasteiger partial charge in [0.05, 0.1) is 0 Å². The molecule has 5 heteroatoms. The number of ketones is 1. The molecule has 0 radical (unpaired) electrons. The lowest BCUT2D eigenvalue weighted by molar-refractivity contribution is -0.147. The first-order chi connectivity index (χ1) is 7.68. The molecule has 0 bridgehead atoms. The van der Waals surface area contributed by atoms with E-state index in [1.54, 1.807) is 0 Å². The number of nitrogens with zero attached hydrogens (tertiary/aromatic N) is 1. The molecule has 1 aromatic rings. The summed E-state index contributed by atoms with van der Waals surface area (Å²) < 4.78 is 0. The fourth-order valence-corrected chi connectivity index (χ4v) is 1.30. The molecule has 2 N–H and O–H groups in total. The lowest BCUT2D eigenvalue weighted by Crippen LogP contribution is -2.14. The first kappa shape index (κ1) is 10.1. The Kier molecular flexibility index (Phi) is 2.51. The zero-order valence-electron chi connectivity index (χ0n) is 8.18. The van der Waals surface area contributed by atoms with Gasteiger partial charge in [0.25, 0.3) is 5.78 Å². The van der Waals surface area contributed by atoms with E-state index in [1.807, 2.05) is 24.3 Å². The number of anilines is 1. The van der Waals surface area contributed by atoms with E-state index >= 15 is 0 Å². The lowest BCUT2D eigenvalue weighted by Gasteiger charge is -2.01. The first-order valence-electron chi connectivity index (χ1n) is 4.56. The van der Waals surface area contributed by atoms with E-state index in [2.05, 4.69) is 10.3 Å². The van der Waals surface area contributed by atoms with Crippen molar-refractivity contribution in [3.63, 3.8) is 0 Å². The van der Waals surface area contributed by atoms with Crippen LogP contribution in [0.2, 0.25) is 0 Å². The fourth-order valence-electron chi connectivity index (χ4n) is 1.30. The highest BCUT2D eigenvalue weighted by Crippen LogP contribution is 2.16. The number of aliphatic carboxylic acids is 1. The van der Waals surface area contributed by atoms with Crippen LogP contribution in [0.25, 0.3) is 0 Å². The van der Waals surface area contributed by atoms with Crippen LogP contribution >= 0.6 is 0 Å². The normalized spacial score (nSPS) is 13.1. The van der Waals surface area contributed by atoms with Gasteiger partial charge in [0.1, 0.15) is 5.70 Å². The number of carbonyl (C=O) groups is 2. The van der Waals surface area contributed by atoms with E-state index in [0.717, 1.165) is 11.3 Å². The molecule has 2 rings (SSSR count). The Labute approximate surface area is 91.1 Å². The first-order valence-corrected chi connectivity index (χ1v) is 4.56. The highest BCUT2D eigenvalue weighted by Gasteiger charge is 2.18. The third kappa shape index (κ3) is 1.83. The van der Waals surface area contributed by atoms with Crippen LogP contribution in [-0.4, -0.2) is 23.1 Å². The molecule has 0 aromatic heterocycles. The highest BCUT2D eigenvalue weighted by molar-refractivity contribution is 6.39. The molecule has 1 aliphatic rings. The average molecular weight is 216 g/mol. The highest BCUT2D eigenvalue weighted by atomic mass is 16.4. The van der Waals surface area contributed by atoms with Crippen molar-refractivity contribution in [2.24, 2.45) is 4.99 Å². The minimum Gasteiger partial charge on any atom is -0.475 e. The molecule has 1 heterocycles. The van der Waals surface area contributed by atoms with Gasteiger partial charge in [0.15, 0.2) is 0 Å². The number of rotatable bonds is 2. The quantitative estimate of drug-likeness (QED) is 0.723. The van der Waals surface area contributed by atoms with Crippen molar-refractivity contribution in [1.82, 2.24) is 0 Å². The second kappa shape index (κ2) is 3.98. The molecule has 0 fully saturated rings. The Morgan fingerprint density at radius 1 is 1.25 bits per heavy atom. The summed E-state index contributed by atoms with van der Waals surface area (Å²) in [6.07, 6.45) is 2.75. The molecule has 5 nitrogen and oxygen atoms in total. The van der Waals surface area contributed by atoms with Gasteiger partial charge in [-0.3, -0.25) is 9.79 Å². The fraction of sp³-hybridized carbons (Fsp3) is 0. The minimum atomic E-state index is -1.52. The molecule has 0 spiro atoms. The smallest absolute Gasteiger partial charge is 0.378 e. The van der Waals surface area contributed by atoms with Gasteiger partial charge in [0.2, 0.25) is 0 Å². The van der Waals surface area contributed by atoms with Crippen LogP contribution in [0.15, 0.2) is 41.2 Å². The molecule has 0 atom stereocenters. The molecular weight excluding hydrogens is 208 g/mol. The van der Waals surface area contributed by atoms with Crippen LogP contribution < -0.4 is 5.32 Å². The van der Waals surface area contributed by atoms with Crippen molar-refractivity contribution >= 4 is 23.7 Å². The summed E-state index contributed by atoms with van der Waals surface area (Å²) in [5.41, 5.74) is 1.45. The van der Waals surface area contributed by atoms with Gasteiger partial charge < -0.3 is 10.4 Å². The van der Waals surface area contributed by atoms with Gasteiger partial charge in [-0.1, -0.05) is 18.2 Å². The zero-order valence-corrected chi connectivity index (χ0v) is 8.18. The number of hydrogen-bond donors (Lipinski definition) is 2. The SMILES string of the molecule is O=C(O)C(=O)C1=CNc2ccccc2C=N1. The third-order valence-electron chi connectivity index (χ3n) is 2.09. The molecule has 80 valence electrons. The molecule has 1 aliphatic heterocycles. The minimum absolute atomic E-state index is 0.122. The Hall–Kier alpha value is -2.43. The van der Waals surface area contributed by atoms with Crippen molar-refractivity contribution in [3.8, 4) is 0 Å². The largest absolute Gasteiger partial charge is 0.475 e. The summed E-state index contributed by atoms with van der Waals surface area (Å²) >= 11 is 0. The van der Waals surface area contributed by atoms with E-state index in [-0.39, 0.29) is 5.70 Å². The summed E-state index contributed by atoms with van der Waals surface area (Å²) in [5, 5.41) is 11.4. The molecule has 0 saturated carbocycles. The van der Waals surface area contributed by atoms with E-state index in [0.29, 0.717) is 0 Å². The number of aliphatic imine (C=N–C) groups is 1. The Balaban J connectivity index is 2.35. The van der Waals surface area contributed by atoms with Gasteiger partial charge in [-0.05, 0) is 6.07 Å². The maximum Gasteiger partial charge on any atom is 0.378 e. The number of carboxylic acids is 1. The molecule has 0 unspecified atom stereocenters. The standard InChI is InChI=1S/C11H8N2O3/c14-10(11(15)16)9-6-13-8-4-2-1-3-7(8)5-12-9/h1-6,13H,(H,15,16). The molecule has 0 amide bonds. The number of benzene rings is 1. The number of nitrogens with one attached hydrogen (secondary N) is 1. The number of hydrogen-bond acceptors (Lipinski definition) is 4. The summed E-state index contributed by atoms with van der Waals surface area (Å²) in [7, 11) is 0. The average Bonchev–Trinajstić information content (AvgIpc) is 2.50. The van der Waals surface area contributed by atoms with E-state index in [1.165, 1.54) is 12.4 Å². The number of para-hydroxylation sites is 1. The van der Waals surface area contributed by atoms with Crippen LogP contribution in [0, 0.1) is 0 Å². The van der Waals surface area contributed by atoms with Crippen molar-refractivity contribution in [2.45, 2.75) is 0 Å². The van der Waals surface area contributed by atoms with Crippen molar-refractivity contribution in [1.29, 1.82) is 0 Å². The maximum atomic E-state index is 11.2. The predicted molar refractivity (Wildman–Crippen MR) is 58.4 cm³/mol. The van der Waals surface area contributed by atoms with Crippen LogP contribution in [0.1, 0.15) is 5.56 Å². The van der Waals surface area contributed by atoms with Gasteiger partial charge >= 0.3 is 5.97 Å². The summed E-state index contributed by atoms with van der Waals surface area (Å²) in [4.78, 5) is 25.5. The summed E-state index contributed by atoms with van der Waals surface area (Å²) in [5.74, 6) is -2.55. The van der Waals surface area contributed by atoms with Crippen LogP contribution in [0.5, 0.6) is 0 Å². The van der Waals surface area contributed by atoms with Crippen LogP contribution in [-0.2, 0) is 9.59 Å². The second-order valence-electron chi connectivity index (χ2n) is 3.15. The predicted octanol–water partition coefficient (Wildman–Crippen LogP) is 1.03. The molecule has 1 aromatic carbocycles. The van der Waals surface area contributed by atoms with Gasteiger partial charge in [-0.2, -0.15) is 0 Å². The van der Waals surface area contributed by atoms with Crippen LogP contribution in [0.4, 0.5) is 5.69 Å². The Bertz CT molecular complexity index is 518. The Morgan fingerprint density at radius 3 is 2.75 bits per heavy atom. The van der Waals surface area contributed by atoms with Gasteiger partial charge in [-0.15, -0.1) is 0 Å². The summed E-state index contributed by atoms with van der Waals surface area (Å²) in [6.45, 7) is 0. The number of Topliss-reactive ketones (excluding diaryl/α,β-unsaturated/α-hetero) is 1. The molecule has 16 heavy (non-hydrogen) atoms. The van der Waals surface area contributed by atoms with Gasteiger partial charge in [0, 0.05) is 23.7 Å². The van der Waals surface area contributed by atoms with Crippen molar-refractivity contribution in [2.75, 3.05) is 5.32 Å². The van der Waals surface area contributed by atoms with E-state index in [4.69, 9.17) is 5.11 Å². The van der Waals surface area contributed by atoms with E-state index < -0.39 is 11.8 Å². The second-order valence-corrected chi connectivity index (χ2v) is 3.15. The zero-order chi connectivity index (χ0) is 11.5. The Morgan fingerprint density at radius 2 is 2.00 bits per heavy atom. The van der Waals surface area contributed by atoms with E-state index in [9.17, 15) is 9.59 Å². The van der Waals surface area contributed by atoms with Crippen molar-refractivity contribution in [3.05, 3.63) is 41.7 Å². The number of fused-ring (bicyclic) bond motifs is 1. The van der Waals surface area contributed by atoms with Crippen LogP contribution in [0.3, 0.4) is 0 Å². The third-order valence-corrected chi connectivity index (χ3v) is 2.09. The molecule has 0 saturated heterocycles. The maximum absolute atomic E-state index is 11.2. The topological polar surface area (TPSA) is 78.8 Å². The summed E-state index contributed by atoms with van der Waals surface area (Å²) in [6, 6.07) is 7.29. The monoisotopic (exact) mass is 216 g/mol. The number of carbonyl (C=O) groups excluding carboxylic acids is 1. The lowest BCUT2D eigenvalue weighted by atomic mass is 10.2. The van der Waals surface area contributed by atoms with Gasteiger partial charge in [-0.25, -0.2) is 4.79 Å².